The lowest BCUT2D eigenvalue weighted by molar-refractivity contribution is -0.121. The van der Waals surface area contributed by atoms with Gasteiger partial charge in [0.25, 0.3) is 0 Å². The summed E-state index contributed by atoms with van der Waals surface area (Å²) in [4.78, 5) is 25.4. The highest BCUT2D eigenvalue weighted by Crippen LogP contribution is 2.28. The molecule has 3 amide bonds. The number of halogens is 2. The first kappa shape index (κ1) is 19.7. The first-order valence-corrected chi connectivity index (χ1v) is 8.41. The summed E-state index contributed by atoms with van der Waals surface area (Å²) in [6.45, 7) is 7.15. The molecule has 128 valence electrons. The summed E-state index contributed by atoms with van der Waals surface area (Å²) in [5.74, 6) is -0.337. The van der Waals surface area contributed by atoms with Crippen molar-refractivity contribution >= 4 is 35.1 Å². The lowest BCUT2D eigenvalue weighted by atomic mass is 10.1. The van der Waals surface area contributed by atoms with E-state index in [1.807, 2.05) is 24.8 Å². The predicted molar refractivity (Wildman–Crippen MR) is 94.0 cm³/mol. The lowest BCUT2D eigenvalue weighted by Gasteiger charge is -2.28. The van der Waals surface area contributed by atoms with Crippen molar-refractivity contribution in [3.63, 3.8) is 0 Å². The minimum atomic E-state index is -0.476. The van der Waals surface area contributed by atoms with Crippen LogP contribution in [0.2, 0.25) is 10.0 Å². The van der Waals surface area contributed by atoms with Gasteiger partial charge in [-0.1, -0.05) is 36.2 Å². The van der Waals surface area contributed by atoms with Crippen LogP contribution in [0.1, 0.15) is 38.8 Å². The van der Waals surface area contributed by atoms with Crippen molar-refractivity contribution < 1.29 is 9.59 Å². The van der Waals surface area contributed by atoms with Crippen LogP contribution in [0.25, 0.3) is 0 Å². The number of hydrogen-bond acceptors (Lipinski definition) is 3. The van der Waals surface area contributed by atoms with Gasteiger partial charge >= 0.3 is 6.03 Å². The van der Waals surface area contributed by atoms with E-state index in [-0.39, 0.29) is 18.5 Å². The van der Waals surface area contributed by atoms with Gasteiger partial charge < -0.3 is 5.32 Å². The van der Waals surface area contributed by atoms with Crippen LogP contribution in [0.3, 0.4) is 0 Å². The molecule has 0 fully saturated rings. The van der Waals surface area contributed by atoms with E-state index in [2.05, 4.69) is 10.6 Å². The van der Waals surface area contributed by atoms with E-state index in [1.54, 1.807) is 19.1 Å². The van der Waals surface area contributed by atoms with Gasteiger partial charge in [-0.05, 0) is 44.5 Å². The molecule has 1 unspecified atom stereocenters. The molecule has 5 nitrogen and oxygen atoms in total. The minimum absolute atomic E-state index is 0.0234. The van der Waals surface area contributed by atoms with Gasteiger partial charge in [-0.3, -0.25) is 15.0 Å². The SMILES string of the molecule is CCCN(CC(=O)NC(=O)NCC)C(C)c1ccc(Cl)c(Cl)c1. The van der Waals surface area contributed by atoms with Crippen molar-refractivity contribution in [1.82, 2.24) is 15.5 Å². The molecule has 0 aromatic heterocycles. The molecule has 0 saturated carbocycles. The third kappa shape index (κ3) is 6.37. The number of nitrogens with one attached hydrogen (secondary N) is 2. The third-order valence-electron chi connectivity index (χ3n) is 3.42. The van der Waals surface area contributed by atoms with E-state index < -0.39 is 6.03 Å². The fourth-order valence-electron chi connectivity index (χ4n) is 2.24. The predicted octanol–water partition coefficient (Wildman–Crippen LogP) is 3.61. The van der Waals surface area contributed by atoms with Gasteiger partial charge in [-0.15, -0.1) is 0 Å². The quantitative estimate of drug-likeness (QED) is 0.781. The number of rotatable bonds is 7. The van der Waals surface area contributed by atoms with E-state index in [4.69, 9.17) is 23.2 Å². The van der Waals surface area contributed by atoms with Crippen molar-refractivity contribution in [3.05, 3.63) is 33.8 Å². The molecule has 1 atom stereocenters. The maximum absolute atomic E-state index is 12.0. The normalized spacial score (nSPS) is 12.1. The van der Waals surface area contributed by atoms with Crippen molar-refractivity contribution in [2.24, 2.45) is 0 Å². The molecule has 0 aliphatic carbocycles. The molecule has 1 rings (SSSR count). The highest BCUT2D eigenvalue weighted by molar-refractivity contribution is 6.42. The Labute approximate surface area is 147 Å². The topological polar surface area (TPSA) is 61.4 Å². The Morgan fingerprint density at radius 3 is 2.48 bits per heavy atom. The summed E-state index contributed by atoms with van der Waals surface area (Å²) < 4.78 is 0. The third-order valence-corrected chi connectivity index (χ3v) is 4.16. The average Bonchev–Trinajstić information content (AvgIpc) is 2.49. The summed E-state index contributed by atoms with van der Waals surface area (Å²) in [5.41, 5.74) is 0.971. The first-order chi connectivity index (χ1) is 10.9. The van der Waals surface area contributed by atoms with Gasteiger partial charge in [0.05, 0.1) is 16.6 Å². The van der Waals surface area contributed by atoms with Crippen LogP contribution in [0.4, 0.5) is 4.79 Å². The molecule has 0 radical (unpaired) electrons. The molecular weight excluding hydrogens is 337 g/mol. The summed E-state index contributed by atoms with van der Waals surface area (Å²) in [6.07, 6.45) is 0.889. The molecule has 1 aromatic carbocycles. The number of imide groups is 1. The summed E-state index contributed by atoms with van der Waals surface area (Å²) in [7, 11) is 0. The fraction of sp³-hybridized carbons (Fsp3) is 0.500. The zero-order valence-electron chi connectivity index (χ0n) is 13.7. The van der Waals surface area contributed by atoms with Gasteiger partial charge in [0, 0.05) is 12.6 Å². The maximum atomic E-state index is 12.0. The second-order valence-corrected chi connectivity index (χ2v) is 6.04. The molecular formula is C16H23Cl2N3O2. The Kier molecular flexibility index (Phi) is 8.37. The smallest absolute Gasteiger partial charge is 0.321 e. The molecule has 0 bridgehead atoms. The molecule has 0 aliphatic heterocycles. The first-order valence-electron chi connectivity index (χ1n) is 7.65. The van der Waals surface area contributed by atoms with Crippen LogP contribution >= 0.6 is 23.2 Å². The van der Waals surface area contributed by atoms with Crippen LogP contribution in [0.15, 0.2) is 18.2 Å². The van der Waals surface area contributed by atoms with Crippen LogP contribution < -0.4 is 10.6 Å². The summed E-state index contributed by atoms with van der Waals surface area (Å²) >= 11 is 12.0. The molecule has 0 saturated heterocycles. The number of carbonyl (C=O) groups excluding carboxylic acids is 2. The number of carbonyl (C=O) groups is 2. The lowest BCUT2D eigenvalue weighted by Crippen LogP contribution is -2.45. The van der Waals surface area contributed by atoms with Gasteiger partial charge in [0.15, 0.2) is 0 Å². The maximum Gasteiger partial charge on any atom is 0.321 e. The van der Waals surface area contributed by atoms with Crippen LogP contribution in [0.5, 0.6) is 0 Å². The zero-order valence-corrected chi connectivity index (χ0v) is 15.2. The standard InChI is InChI=1S/C16H23Cl2N3O2/c1-4-8-21(10-15(22)20-16(23)19-5-2)11(3)12-6-7-13(17)14(18)9-12/h6-7,9,11H,4-5,8,10H2,1-3H3,(H2,19,20,22,23). The fourth-order valence-corrected chi connectivity index (χ4v) is 2.54. The Balaban J connectivity index is 2.77. The molecule has 0 spiro atoms. The number of benzene rings is 1. The van der Waals surface area contributed by atoms with Crippen molar-refractivity contribution in [3.8, 4) is 0 Å². The monoisotopic (exact) mass is 359 g/mol. The number of hydrogen-bond donors (Lipinski definition) is 2. The number of nitrogens with zero attached hydrogens (tertiary/aromatic N) is 1. The molecule has 0 heterocycles. The summed E-state index contributed by atoms with van der Waals surface area (Å²) in [5, 5.41) is 5.84. The van der Waals surface area contributed by atoms with E-state index >= 15 is 0 Å². The van der Waals surface area contributed by atoms with Crippen LogP contribution in [-0.2, 0) is 4.79 Å². The highest BCUT2D eigenvalue weighted by Gasteiger charge is 2.19. The van der Waals surface area contributed by atoms with Gasteiger partial charge in [0.2, 0.25) is 5.91 Å². The van der Waals surface area contributed by atoms with Crippen molar-refractivity contribution in [1.29, 1.82) is 0 Å². The molecule has 23 heavy (non-hydrogen) atoms. The second-order valence-electron chi connectivity index (χ2n) is 5.23. The van der Waals surface area contributed by atoms with Gasteiger partial charge in [-0.25, -0.2) is 4.79 Å². The molecule has 2 N–H and O–H groups in total. The van der Waals surface area contributed by atoms with Crippen LogP contribution in [0, 0.1) is 0 Å². The van der Waals surface area contributed by atoms with E-state index in [0.29, 0.717) is 16.6 Å². The summed E-state index contributed by atoms with van der Waals surface area (Å²) in [6, 6.07) is 4.94. The average molecular weight is 360 g/mol. The zero-order chi connectivity index (χ0) is 17.4. The second kappa shape index (κ2) is 9.75. The Hall–Kier alpha value is -1.30. The van der Waals surface area contributed by atoms with Gasteiger partial charge in [0.1, 0.15) is 0 Å². The van der Waals surface area contributed by atoms with Crippen molar-refractivity contribution in [2.75, 3.05) is 19.6 Å². The largest absolute Gasteiger partial charge is 0.338 e. The number of amides is 3. The van der Waals surface area contributed by atoms with E-state index in [1.165, 1.54) is 0 Å². The Morgan fingerprint density at radius 1 is 1.22 bits per heavy atom. The minimum Gasteiger partial charge on any atom is -0.338 e. The van der Waals surface area contributed by atoms with Gasteiger partial charge in [-0.2, -0.15) is 0 Å². The van der Waals surface area contributed by atoms with E-state index in [0.717, 1.165) is 18.5 Å². The van der Waals surface area contributed by atoms with E-state index in [9.17, 15) is 9.59 Å². The highest BCUT2D eigenvalue weighted by atomic mass is 35.5. The molecule has 1 aromatic rings. The Bertz CT molecular complexity index is 552. The Morgan fingerprint density at radius 2 is 1.91 bits per heavy atom. The molecule has 7 heteroatoms. The molecule has 0 aliphatic rings. The van der Waals surface area contributed by atoms with Crippen molar-refractivity contribution in [2.45, 2.75) is 33.2 Å². The van der Waals surface area contributed by atoms with Crippen LogP contribution in [-0.4, -0.2) is 36.5 Å². The number of urea groups is 1.